The lowest BCUT2D eigenvalue weighted by atomic mass is 10.1. The maximum atomic E-state index is 13.3. The first kappa shape index (κ1) is 23.7. The van der Waals surface area contributed by atoms with Gasteiger partial charge in [0.05, 0.1) is 12.7 Å². The van der Waals surface area contributed by atoms with Crippen molar-refractivity contribution < 1.29 is 23.8 Å². The van der Waals surface area contributed by atoms with Crippen LogP contribution in [0, 0.1) is 5.82 Å². The Morgan fingerprint density at radius 2 is 1.88 bits per heavy atom. The molecule has 4 rings (SSSR count). The molecule has 2 fully saturated rings. The minimum atomic E-state index is -0.675. The molecule has 1 aliphatic heterocycles. The lowest BCUT2D eigenvalue weighted by Gasteiger charge is -2.38. The highest BCUT2D eigenvalue weighted by atomic mass is 19.1. The number of hydrogen-bond donors (Lipinski definition) is 1. The van der Waals surface area contributed by atoms with Gasteiger partial charge in [0.25, 0.3) is 5.91 Å². The number of hydrogen-bond acceptors (Lipinski definition) is 5. The minimum absolute atomic E-state index is 0.0657. The van der Waals surface area contributed by atoms with Crippen LogP contribution in [0.4, 0.5) is 4.39 Å². The first-order chi connectivity index (χ1) is 16.1. The number of ether oxygens (including phenoxy) is 2. The van der Waals surface area contributed by atoms with Crippen LogP contribution in [0.1, 0.15) is 36.0 Å². The van der Waals surface area contributed by atoms with Gasteiger partial charge in [-0.3, -0.25) is 9.69 Å². The molecule has 2 atom stereocenters. The fraction of sp³-hybridized carbons (Fsp3) is 0.500. The molecule has 0 bridgehead atoms. The summed E-state index contributed by atoms with van der Waals surface area (Å²) in [5.74, 6) is 0.276. The van der Waals surface area contributed by atoms with Crippen LogP contribution in [0.3, 0.4) is 0 Å². The second-order valence-electron chi connectivity index (χ2n) is 8.93. The second kappa shape index (κ2) is 11.6. The van der Waals surface area contributed by atoms with E-state index in [2.05, 4.69) is 4.90 Å². The van der Waals surface area contributed by atoms with Gasteiger partial charge >= 0.3 is 0 Å². The van der Waals surface area contributed by atoms with E-state index < -0.39 is 6.10 Å². The summed E-state index contributed by atoms with van der Waals surface area (Å²) >= 11 is 0. The number of amides is 1. The summed E-state index contributed by atoms with van der Waals surface area (Å²) in [5, 5.41) is 10.4. The zero-order chi connectivity index (χ0) is 23.0. The molecule has 7 heteroatoms. The molecule has 2 aromatic carbocycles. The monoisotopic (exact) mass is 456 g/mol. The van der Waals surface area contributed by atoms with Crippen molar-refractivity contribution >= 4 is 5.91 Å². The van der Waals surface area contributed by atoms with Gasteiger partial charge in [0, 0.05) is 37.8 Å². The SMILES string of the molecule is O=C(c1ccccc1)N(CC1CN(CC(O)COc2ccc(F)cc2)CCO1)C1CCCC1. The van der Waals surface area contributed by atoms with Gasteiger partial charge in [0.1, 0.15) is 24.3 Å². The van der Waals surface area contributed by atoms with E-state index in [0.717, 1.165) is 32.2 Å². The maximum absolute atomic E-state index is 13.3. The van der Waals surface area contributed by atoms with E-state index >= 15 is 0 Å². The first-order valence-corrected chi connectivity index (χ1v) is 11.8. The Kier molecular flexibility index (Phi) is 8.31. The molecule has 1 saturated carbocycles. The van der Waals surface area contributed by atoms with Crippen molar-refractivity contribution in [2.75, 3.05) is 39.4 Å². The van der Waals surface area contributed by atoms with Crippen molar-refractivity contribution in [3.63, 3.8) is 0 Å². The Morgan fingerprint density at radius 3 is 2.61 bits per heavy atom. The van der Waals surface area contributed by atoms with Gasteiger partial charge in [-0.15, -0.1) is 0 Å². The van der Waals surface area contributed by atoms with Crippen molar-refractivity contribution in [2.24, 2.45) is 0 Å². The van der Waals surface area contributed by atoms with Crippen molar-refractivity contribution in [1.82, 2.24) is 9.80 Å². The molecule has 1 aliphatic carbocycles. The normalized spacial score (nSPS) is 20.5. The highest BCUT2D eigenvalue weighted by Crippen LogP contribution is 2.26. The molecule has 2 unspecified atom stereocenters. The van der Waals surface area contributed by atoms with E-state index in [4.69, 9.17) is 9.47 Å². The molecule has 1 N–H and O–H groups in total. The third-order valence-electron chi connectivity index (χ3n) is 6.40. The van der Waals surface area contributed by atoms with E-state index in [1.54, 1.807) is 12.1 Å². The van der Waals surface area contributed by atoms with Crippen LogP contribution in [0.5, 0.6) is 5.75 Å². The number of carbonyl (C=O) groups excluding carboxylic acids is 1. The van der Waals surface area contributed by atoms with Crippen LogP contribution < -0.4 is 4.74 Å². The molecular weight excluding hydrogens is 423 g/mol. The Hall–Kier alpha value is -2.48. The van der Waals surface area contributed by atoms with Crippen molar-refractivity contribution in [1.29, 1.82) is 0 Å². The summed E-state index contributed by atoms with van der Waals surface area (Å²) in [5.41, 5.74) is 0.713. The van der Waals surface area contributed by atoms with Gasteiger partial charge in [-0.05, 0) is 49.2 Å². The van der Waals surface area contributed by atoms with Crippen LogP contribution in [0.25, 0.3) is 0 Å². The molecule has 178 valence electrons. The van der Waals surface area contributed by atoms with E-state index in [1.807, 2.05) is 35.2 Å². The Morgan fingerprint density at radius 1 is 1.15 bits per heavy atom. The van der Waals surface area contributed by atoms with Crippen LogP contribution in [0.2, 0.25) is 0 Å². The third-order valence-corrected chi connectivity index (χ3v) is 6.40. The second-order valence-corrected chi connectivity index (χ2v) is 8.93. The number of morpholine rings is 1. The number of aliphatic hydroxyl groups is 1. The predicted octanol–water partition coefficient (Wildman–Crippen LogP) is 3.35. The fourth-order valence-electron chi connectivity index (χ4n) is 4.71. The van der Waals surface area contributed by atoms with Crippen molar-refractivity contribution in [3.8, 4) is 5.75 Å². The molecule has 1 saturated heterocycles. The van der Waals surface area contributed by atoms with E-state index in [0.29, 0.717) is 37.6 Å². The Balaban J connectivity index is 1.31. The van der Waals surface area contributed by atoms with Gasteiger partial charge < -0.3 is 19.5 Å². The number of aliphatic hydroxyl groups excluding tert-OH is 1. The van der Waals surface area contributed by atoms with Gasteiger partial charge in [0.15, 0.2) is 0 Å². The topological polar surface area (TPSA) is 62.2 Å². The number of β-amino-alcohol motifs (C(OH)–C–C–N with tert-alkyl or cyclic N) is 1. The summed E-state index contributed by atoms with van der Waals surface area (Å²) in [7, 11) is 0. The quantitative estimate of drug-likeness (QED) is 0.627. The molecular formula is C26H33FN2O4. The standard InChI is InChI=1S/C26H33FN2O4/c27-21-10-12-24(13-11-21)33-19-23(30)16-28-14-15-32-25(17-28)18-29(22-8-4-5-9-22)26(31)20-6-2-1-3-7-20/h1-3,6-7,10-13,22-23,25,30H,4-5,8-9,14-19H2. The highest BCUT2D eigenvalue weighted by molar-refractivity contribution is 5.94. The first-order valence-electron chi connectivity index (χ1n) is 11.8. The maximum Gasteiger partial charge on any atom is 0.254 e. The van der Waals surface area contributed by atoms with Crippen LogP contribution >= 0.6 is 0 Å². The molecule has 0 aromatic heterocycles. The summed E-state index contributed by atoms with van der Waals surface area (Å²) in [6.07, 6.45) is 3.61. The summed E-state index contributed by atoms with van der Waals surface area (Å²) in [6, 6.07) is 15.5. The summed E-state index contributed by atoms with van der Waals surface area (Å²) in [6.45, 7) is 3.08. The zero-order valence-corrected chi connectivity index (χ0v) is 18.9. The molecule has 0 radical (unpaired) electrons. The Bertz CT molecular complexity index is 874. The van der Waals surface area contributed by atoms with Crippen LogP contribution in [-0.2, 0) is 4.74 Å². The average molecular weight is 457 g/mol. The van der Waals surface area contributed by atoms with Gasteiger partial charge in [-0.2, -0.15) is 0 Å². The van der Waals surface area contributed by atoms with Gasteiger partial charge in [0.2, 0.25) is 0 Å². The smallest absolute Gasteiger partial charge is 0.254 e. The Labute approximate surface area is 194 Å². The molecule has 1 heterocycles. The molecule has 0 spiro atoms. The lowest BCUT2D eigenvalue weighted by molar-refractivity contribution is -0.0566. The van der Waals surface area contributed by atoms with Gasteiger partial charge in [-0.1, -0.05) is 31.0 Å². The zero-order valence-electron chi connectivity index (χ0n) is 18.9. The van der Waals surface area contributed by atoms with Crippen LogP contribution in [-0.4, -0.2) is 78.5 Å². The highest BCUT2D eigenvalue weighted by Gasteiger charge is 2.32. The number of halogens is 1. The molecule has 2 aromatic rings. The molecule has 6 nitrogen and oxygen atoms in total. The van der Waals surface area contributed by atoms with Crippen molar-refractivity contribution in [3.05, 3.63) is 66.0 Å². The fourth-order valence-corrected chi connectivity index (χ4v) is 4.71. The number of carbonyl (C=O) groups is 1. The van der Waals surface area contributed by atoms with Gasteiger partial charge in [-0.25, -0.2) is 4.39 Å². The predicted molar refractivity (Wildman–Crippen MR) is 124 cm³/mol. The van der Waals surface area contributed by atoms with E-state index in [-0.39, 0.29) is 30.5 Å². The molecule has 1 amide bonds. The average Bonchev–Trinajstić information content (AvgIpc) is 3.37. The largest absolute Gasteiger partial charge is 0.491 e. The number of benzene rings is 2. The van der Waals surface area contributed by atoms with E-state index in [1.165, 1.54) is 12.1 Å². The molecule has 33 heavy (non-hydrogen) atoms. The number of nitrogens with zero attached hydrogens (tertiary/aromatic N) is 2. The van der Waals surface area contributed by atoms with E-state index in [9.17, 15) is 14.3 Å². The van der Waals surface area contributed by atoms with Crippen molar-refractivity contribution in [2.45, 2.75) is 43.9 Å². The number of rotatable bonds is 9. The minimum Gasteiger partial charge on any atom is -0.491 e. The third kappa shape index (κ3) is 6.76. The van der Waals surface area contributed by atoms with Crippen LogP contribution in [0.15, 0.2) is 54.6 Å². The summed E-state index contributed by atoms with van der Waals surface area (Å²) in [4.78, 5) is 17.4. The lowest BCUT2D eigenvalue weighted by Crippen LogP contribution is -2.52. The molecule has 2 aliphatic rings. The summed E-state index contributed by atoms with van der Waals surface area (Å²) < 4.78 is 24.6.